The first-order valence-electron chi connectivity index (χ1n) is 6.90. The SMILES string of the molecule is Cc1oc(C(C)(C)C)nc1C(=O)Nc1cccc(S(N)(=O)=O)c1. The molecule has 2 rings (SSSR count). The summed E-state index contributed by atoms with van der Waals surface area (Å²) >= 11 is 0. The van der Waals surface area contributed by atoms with Gasteiger partial charge in [-0.05, 0) is 25.1 Å². The Balaban J connectivity index is 2.28. The Kier molecular flexibility index (Phi) is 4.32. The van der Waals surface area contributed by atoms with Crippen molar-refractivity contribution in [2.45, 2.75) is 38.0 Å². The first-order chi connectivity index (χ1) is 10.5. The lowest BCUT2D eigenvalue weighted by Crippen LogP contribution is -2.16. The van der Waals surface area contributed by atoms with E-state index in [2.05, 4.69) is 10.3 Å². The van der Waals surface area contributed by atoms with Crippen LogP contribution >= 0.6 is 0 Å². The zero-order valence-electron chi connectivity index (χ0n) is 13.4. The van der Waals surface area contributed by atoms with E-state index in [1.165, 1.54) is 18.2 Å². The molecular formula is C15H19N3O4S. The number of hydrogen-bond acceptors (Lipinski definition) is 5. The van der Waals surface area contributed by atoms with Gasteiger partial charge in [0.05, 0.1) is 4.90 Å². The largest absolute Gasteiger partial charge is 0.445 e. The molecule has 0 fully saturated rings. The highest BCUT2D eigenvalue weighted by Crippen LogP contribution is 2.24. The number of aromatic nitrogens is 1. The number of sulfonamides is 1. The zero-order chi connectivity index (χ0) is 17.4. The molecule has 0 aliphatic carbocycles. The number of primary sulfonamides is 1. The smallest absolute Gasteiger partial charge is 0.277 e. The number of nitrogens with one attached hydrogen (secondary N) is 1. The van der Waals surface area contributed by atoms with Crippen molar-refractivity contribution in [3.05, 3.63) is 41.6 Å². The van der Waals surface area contributed by atoms with Gasteiger partial charge >= 0.3 is 0 Å². The molecule has 0 saturated heterocycles. The van der Waals surface area contributed by atoms with Crippen LogP contribution in [0.4, 0.5) is 5.69 Å². The molecule has 3 N–H and O–H groups in total. The summed E-state index contributed by atoms with van der Waals surface area (Å²) in [5.41, 5.74) is 0.147. The van der Waals surface area contributed by atoms with Gasteiger partial charge in [-0.1, -0.05) is 26.8 Å². The minimum absolute atomic E-state index is 0.0810. The summed E-state index contributed by atoms with van der Waals surface area (Å²) < 4.78 is 28.2. The molecule has 1 heterocycles. The molecule has 8 heteroatoms. The number of oxazole rings is 1. The van der Waals surface area contributed by atoms with E-state index in [1.54, 1.807) is 13.0 Å². The Morgan fingerprint density at radius 3 is 2.48 bits per heavy atom. The summed E-state index contributed by atoms with van der Waals surface area (Å²) in [5, 5.41) is 7.67. The summed E-state index contributed by atoms with van der Waals surface area (Å²) in [6.07, 6.45) is 0. The number of carbonyl (C=O) groups excluding carboxylic acids is 1. The van der Waals surface area contributed by atoms with Crippen LogP contribution < -0.4 is 10.5 Å². The number of anilines is 1. The van der Waals surface area contributed by atoms with E-state index in [4.69, 9.17) is 9.56 Å². The van der Waals surface area contributed by atoms with Crippen LogP contribution in [0.2, 0.25) is 0 Å². The highest BCUT2D eigenvalue weighted by Gasteiger charge is 2.25. The molecule has 7 nitrogen and oxygen atoms in total. The van der Waals surface area contributed by atoms with E-state index in [1.807, 2.05) is 20.8 Å². The van der Waals surface area contributed by atoms with Gasteiger partial charge in [-0.2, -0.15) is 0 Å². The number of hydrogen-bond donors (Lipinski definition) is 2. The van der Waals surface area contributed by atoms with Gasteiger partial charge in [0.25, 0.3) is 5.91 Å². The highest BCUT2D eigenvalue weighted by atomic mass is 32.2. The fourth-order valence-electron chi connectivity index (χ4n) is 1.87. The number of nitrogens with zero attached hydrogens (tertiary/aromatic N) is 1. The minimum atomic E-state index is -3.83. The number of carbonyl (C=O) groups is 1. The second-order valence-electron chi connectivity index (χ2n) is 6.20. The Labute approximate surface area is 135 Å². The normalized spacial score (nSPS) is 12.2. The second kappa shape index (κ2) is 5.78. The maximum atomic E-state index is 12.3. The lowest BCUT2D eigenvalue weighted by atomic mass is 9.97. The Morgan fingerprint density at radius 2 is 1.96 bits per heavy atom. The Morgan fingerprint density at radius 1 is 1.30 bits per heavy atom. The molecule has 0 aliphatic heterocycles. The second-order valence-corrected chi connectivity index (χ2v) is 7.76. The molecule has 124 valence electrons. The third-order valence-corrected chi connectivity index (χ3v) is 3.98. The minimum Gasteiger partial charge on any atom is -0.445 e. The van der Waals surface area contributed by atoms with E-state index >= 15 is 0 Å². The quantitative estimate of drug-likeness (QED) is 0.890. The fraction of sp³-hybridized carbons (Fsp3) is 0.333. The van der Waals surface area contributed by atoms with Gasteiger partial charge in [0.2, 0.25) is 15.9 Å². The maximum absolute atomic E-state index is 12.3. The fourth-order valence-corrected chi connectivity index (χ4v) is 2.43. The summed E-state index contributed by atoms with van der Waals surface area (Å²) in [4.78, 5) is 16.5. The van der Waals surface area contributed by atoms with Gasteiger partial charge in [0, 0.05) is 11.1 Å². The Bertz CT molecular complexity index is 848. The van der Waals surface area contributed by atoms with Crippen LogP contribution in [0.15, 0.2) is 33.6 Å². The molecule has 0 atom stereocenters. The number of rotatable bonds is 3. The van der Waals surface area contributed by atoms with Crippen molar-refractivity contribution >= 4 is 21.6 Å². The van der Waals surface area contributed by atoms with E-state index in [0.717, 1.165) is 0 Å². The molecule has 0 bridgehead atoms. The monoisotopic (exact) mass is 337 g/mol. The predicted molar refractivity (Wildman–Crippen MR) is 85.7 cm³/mol. The van der Waals surface area contributed by atoms with Gasteiger partial charge in [-0.25, -0.2) is 18.5 Å². The highest BCUT2D eigenvalue weighted by molar-refractivity contribution is 7.89. The van der Waals surface area contributed by atoms with Crippen LogP contribution in [0.1, 0.15) is 42.9 Å². The predicted octanol–water partition coefficient (Wildman–Crippen LogP) is 2.18. The summed E-state index contributed by atoms with van der Waals surface area (Å²) in [7, 11) is -3.83. The molecule has 2 aromatic rings. The lowest BCUT2D eigenvalue weighted by molar-refractivity contribution is 0.102. The molecule has 0 spiro atoms. The summed E-state index contributed by atoms with van der Waals surface area (Å²) in [6, 6.07) is 5.69. The first kappa shape index (κ1) is 17.2. The van der Waals surface area contributed by atoms with Gasteiger partial charge in [-0.15, -0.1) is 0 Å². The van der Waals surface area contributed by atoms with Gasteiger partial charge in [-0.3, -0.25) is 4.79 Å². The number of benzene rings is 1. The van der Waals surface area contributed by atoms with Gasteiger partial charge in [0.1, 0.15) is 5.76 Å². The van der Waals surface area contributed by atoms with Crippen molar-refractivity contribution in [3.63, 3.8) is 0 Å². The van der Waals surface area contributed by atoms with Gasteiger partial charge < -0.3 is 9.73 Å². The van der Waals surface area contributed by atoms with E-state index < -0.39 is 15.9 Å². The molecule has 0 radical (unpaired) electrons. The molecule has 1 aromatic heterocycles. The average Bonchev–Trinajstić information content (AvgIpc) is 2.80. The standard InChI is InChI=1S/C15H19N3O4S/c1-9-12(18-14(22-9)15(2,3)4)13(19)17-10-6-5-7-11(8-10)23(16,20)21/h5-8H,1-4H3,(H,17,19)(H2,16,20,21). The molecular weight excluding hydrogens is 318 g/mol. The van der Waals surface area contributed by atoms with Crippen molar-refractivity contribution in [1.29, 1.82) is 0 Å². The van der Waals surface area contributed by atoms with Crippen LogP contribution in [0.3, 0.4) is 0 Å². The van der Waals surface area contributed by atoms with Crippen LogP contribution in [-0.2, 0) is 15.4 Å². The van der Waals surface area contributed by atoms with Crippen molar-refractivity contribution < 1.29 is 17.6 Å². The summed E-state index contributed by atoms with van der Waals surface area (Å²) in [5.74, 6) is 0.377. The van der Waals surface area contributed by atoms with Crippen molar-refractivity contribution in [2.75, 3.05) is 5.32 Å². The number of nitrogens with two attached hydrogens (primary N) is 1. The van der Waals surface area contributed by atoms with E-state index in [-0.39, 0.29) is 16.0 Å². The summed E-state index contributed by atoms with van der Waals surface area (Å²) in [6.45, 7) is 7.43. The molecule has 0 aliphatic rings. The topological polar surface area (TPSA) is 115 Å². The van der Waals surface area contributed by atoms with E-state index in [0.29, 0.717) is 17.3 Å². The number of amides is 1. The van der Waals surface area contributed by atoms with Crippen molar-refractivity contribution in [2.24, 2.45) is 5.14 Å². The molecule has 23 heavy (non-hydrogen) atoms. The first-order valence-corrected chi connectivity index (χ1v) is 8.45. The molecule has 0 unspecified atom stereocenters. The van der Waals surface area contributed by atoms with Gasteiger partial charge in [0.15, 0.2) is 5.69 Å². The van der Waals surface area contributed by atoms with Crippen LogP contribution in [0.5, 0.6) is 0 Å². The van der Waals surface area contributed by atoms with E-state index in [9.17, 15) is 13.2 Å². The zero-order valence-corrected chi connectivity index (χ0v) is 14.2. The maximum Gasteiger partial charge on any atom is 0.277 e. The van der Waals surface area contributed by atoms with Crippen LogP contribution in [0, 0.1) is 6.92 Å². The van der Waals surface area contributed by atoms with Crippen molar-refractivity contribution in [3.8, 4) is 0 Å². The lowest BCUT2D eigenvalue weighted by Gasteiger charge is -2.11. The van der Waals surface area contributed by atoms with Crippen molar-refractivity contribution in [1.82, 2.24) is 4.98 Å². The third kappa shape index (κ3) is 3.96. The molecule has 0 saturated carbocycles. The van der Waals surface area contributed by atoms with Crippen LogP contribution in [-0.4, -0.2) is 19.3 Å². The number of aryl methyl sites for hydroxylation is 1. The molecule has 1 aromatic carbocycles. The molecule has 1 amide bonds. The van der Waals surface area contributed by atoms with Crippen LogP contribution in [0.25, 0.3) is 0 Å². The Hall–Kier alpha value is -2.19. The third-order valence-electron chi connectivity index (χ3n) is 3.07. The average molecular weight is 337 g/mol.